The third kappa shape index (κ3) is 5.94. The van der Waals surface area contributed by atoms with Crippen molar-refractivity contribution in [2.45, 2.75) is 19.1 Å². The summed E-state index contributed by atoms with van der Waals surface area (Å²) in [5.74, 6) is 0.839. The van der Waals surface area contributed by atoms with E-state index in [0.717, 1.165) is 30.0 Å². The average molecular weight is 380 g/mol. The molecule has 1 aliphatic heterocycles. The third-order valence-electron chi connectivity index (χ3n) is 5.01. The number of hydrogen-bond acceptors (Lipinski definition) is 4. The van der Waals surface area contributed by atoms with Crippen LogP contribution in [-0.2, 0) is 11.4 Å². The van der Waals surface area contributed by atoms with Crippen molar-refractivity contribution in [2.75, 3.05) is 26.7 Å². The third-order valence-corrected chi connectivity index (χ3v) is 5.01. The molecule has 0 saturated carbocycles. The summed E-state index contributed by atoms with van der Waals surface area (Å²) in [6, 6.07) is 18.1. The minimum absolute atomic E-state index is 0.00870. The summed E-state index contributed by atoms with van der Waals surface area (Å²) in [6.07, 6.45) is 4.10. The maximum absolute atomic E-state index is 11.5. The first kappa shape index (κ1) is 20.1. The monoisotopic (exact) mass is 380 g/mol. The van der Waals surface area contributed by atoms with Crippen molar-refractivity contribution in [1.29, 1.82) is 0 Å². The molecule has 0 spiro atoms. The van der Waals surface area contributed by atoms with Gasteiger partial charge in [0.15, 0.2) is 0 Å². The van der Waals surface area contributed by atoms with Crippen molar-refractivity contribution in [3.05, 3.63) is 71.8 Å². The van der Waals surface area contributed by atoms with E-state index in [2.05, 4.69) is 22.4 Å². The Hall–Kier alpha value is -2.63. The Morgan fingerprint density at radius 3 is 2.64 bits per heavy atom. The lowest BCUT2D eigenvalue weighted by molar-refractivity contribution is -0.122. The van der Waals surface area contributed by atoms with Crippen molar-refractivity contribution < 1.29 is 14.6 Å². The fourth-order valence-electron chi connectivity index (χ4n) is 3.39. The van der Waals surface area contributed by atoms with Gasteiger partial charge in [-0.1, -0.05) is 54.6 Å². The molecular weight excluding hydrogens is 352 g/mol. The molecule has 0 aromatic heterocycles. The minimum atomic E-state index is -0.438. The van der Waals surface area contributed by atoms with Crippen molar-refractivity contribution in [3.8, 4) is 5.75 Å². The quantitative estimate of drug-likeness (QED) is 0.739. The largest absolute Gasteiger partial charge is 0.489 e. The zero-order chi connectivity index (χ0) is 19.8. The second-order valence-electron chi connectivity index (χ2n) is 7.17. The molecule has 1 heterocycles. The first-order chi connectivity index (χ1) is 13.6. The van der Waals surface area contributed by atoms with E-state index in [1.165, 1.54) is 0 Å². The zero-order valence-corrected chi connectivity index (χ0v) is 16.3. The second kappa shape index (κ2) is 10.1. The van der Waals surface area contributed by atoms with E-state index in [1.807, 2.05) is 54.6 Å². The van der Waals surface area contributed by atoms with Crippen LogP contribution in [0.3, 0.4) is 0 Å². The zero-order valence-electron chi connectivity index (χ0n) is 16.3. The van der Waals surface area contributed by atoms with Crippen LogP contribution in [0, 0.1) is 5.92 Å². The number of amides is 1. The Balaban J connectivity index is 1.44. The summed E-state index contributed by atoms with van der Waals surface area (Å²) in [5.41, 5.74) is 2.25. The Morgan fingerprint density at radius 1 is 1.18 bits per heavy atom. The molecule has 1 fully saturated rings. The Bertz CT molecular complexity index is 774. The molecule has 1 amide bonds. The van der Waals surface area contributed by atoms with Crippen molar-refractivity contribution >= 4 is 12.0 Å². The molecule has 2 aromatic rings. The maximum Gasteiger partial charge on any atom is 0.220 e. The Labute approximate surface area is 166 Å². The fraction of sp³-hybridized carbons (Fsp3) is 0.348. The smallest absolute Gasteiger partial charge is 0.220 e. The summed E-state index contributed by atoms with van der Waals surface area (Å²) in [7, 11) is 1.63. The van der Waals surface area contributed by atoms with Gasteiger partial charge in [-0.15, -0.1) is 0 Å². The number of ether oxygens (including phenoxy) is 1. The van der Waals surface area contributed by atoms with Gasteiger partial charge in [-0.05, 0) is 23.3 Å². The number of rotatable bonds is 8. The van der Waals surface area contributed by atoms with Gasteiger partial charge in [-0.25, -0.2) is 0 Å². The SMILES string of the molecule is CNC(=O)C[C@@H]1CN(C/C=C/c2ccc(OCc3ccccc3)cc2)C[C@H]1O. The van der Waals surface area contributed by atoms with Crippen LogP contribution < -0.4 is 10.1 Å². The number of hydrogen-bond donors (Lipinski definition) is 2. The van der Waals surface area contributed by atoms with E-state index in [-0.39, 0.29) is 11.8 Å². The molecule has 0 unspecified atom stereocenters. The topological polar surface area (TPSA) is 61.8 Å². The lowest BCUT2D eigenvalue weighted by atomic mass is 10.0. The van der Waals surface area contributed by atoms with E-state index in [4.69, 9.17) is 4.74 Å². The highest BCUT2D eigenvalue weighted by Crippen LogP contribution is 2.20. The molecule has 0 bridgehead atoms. The van der Waals surface area contributed by atoms with E-state index in [0.29, 0.717) is 19.6 Å². The number of nitrogens with zero attached hydrogens (tertiary/aromatic N) is 1. The highest BCUT2D eigenvalue weighted by Gasteiger charge is 2.31. The molecule has 2 N–H and O–H groups in total. The summed E-state index contributed by atoms with van der Waals surface area (Å²) < 4.78 is 5.80. The number of likely N-dealkylation sites (tertiary alicyclic amines) is 1. The molecule has 1 saturated heterocycles. The van der Waals surface area contributed by atoms with Gasteiger partial charge in [0, 0.05) is 39.0 Å². The maximum atomic E-state index is 11.5. The van der Waals surface area contributed by atoms with E-state index >= 15 is 0 Å². The van der Waals surface area contributed by atoms with Crippen LogP contribution in [0.1, 0.15) is 17.5 Å². The van der Waals surface area contributed by atoms with Crippen LogP contribution in [0.15, 0.2) is 60.7 Å². The molecule has 5 nitrogen and oxygen atoms in total. The van der Waals surface area contributed by atoms with E-state index in [9.17, 15) is 9.90 Å². The van der Waals surface area contributed by atoms with Crippen molar-refractivity contribution in [2.24, 2.45) is 5.92 Å². The molecule has 2 atom stereocenters. The summed E-state index contributed by atoms with van der Waals surface area (Å²) in [4.78, 5) is 13.7. The van der Waals surface area contributed by atoms with Crippen LogP contribution in [0.25, 0.3) is 6.08 Å². The molecule has 0 aliphatic carbocycles. The number of aliphatic hydroxyl groups is 1. The van der Waals surface area contributed by atoms with Gasteiger partial charge in [0.25, 0.3) is 0 Å². The van der Waals surface area contributed by atoms with E-state index in [1.54, 1.807) is 7.05 Å². The Morgan fingerprint density at radius 2 is 1.93 bits per heavy atom. The van der Waals surface area contributed by atoms with Crippen LogP contribution in [0.4, 0.5) is 0 Å². The average Bonchev–Trinajstić information content (AvgIpc) is 3.07. The van der Waals surface area contributed by atoms with E-state index < -0.39 is 6.10 Å². The predicted octanol–water partition coefficient (Wildman–Crippen LogP) is 2.71. The number of aliphatic hydroxyl groups excluding tert-OH is 1. The van der Waals surface area contributed by atoms with Crippen LogP contribution in [0.2, 0.25) is 0 Å². The summed E-state index contributed by atoms with van der Waals surface area (Å²) in [5, 5.41) is 12.7. The molecule has 5 heteroatoms. The number of carbonyl (C=O) groups excluding carboxylic acids is 1. The van der Waals surface area contributed by atoms with Crippen LogP contribution >= 0.6 is 0 Å². The molecule has 148 valence electrons. The lowest BCUT2D eigenvalue weighted by Crippen LogP contribution is -2.27. The van der Waals surface area contributed by atoms with Gasteiger partial charge in [0.1, 0.15) is 12.4 Å². The lowest BCUT2D eigenvalue weighted by Gasteiger charge is -2.12. The molecule has 1 aliphatic rings. The molecule has 2 aromatic carbocycles. The highest BCUT2D eigenvalue weighted by molar-refractivity contribution is 5.75. The number of benzene rings is 2. The fourth-order valence-corrected chi connectivity index (χ4v) is 3.39. The minimum Gasteiger partial charge on any atom is -0.489 e. The standard InChI is InChI=1S/C23H28N2O3/c1-24-23(27)14-20-15-25(16-22(20)26)13-5-8-18-9-11-21(12-10-18)28-17-19-6-3-2-4-7-19/h2-12,20,22,26H,13-17H2,1H3,(H,24,27)/b8-5+/t20-,22-/m1/s1. The van der Waals surface area contributed by atoms with Gasteiger partial charge < -0.3 is 15.2 Å². The normalized spacial score (nSPS) is 19.8. The van der Waals surface area contributed by atoms with Gasteiger partial charge in [0.2, 0.25) is 5.91 Å². The summed E-state index contributed by atoms with van der Waals surface area (Å²) >= 11 is 0. The predicted molar refractivity (Wildman–Crippen MR) is 111 cm³/mol. The van der Waals surface area contributed by atoms with Gasteiger partial charge in [0.05, 0.1) is 6.10 Å². The van der Waals surface area contributed by atoms with Gasteiger partial charge in [-0.3, -0.25) is 9.69 Å². The second-order valence-corrected chi connectivity index (χ2v) is 7.17. The van der Waals surface area contributed by atoms with Crippen molar-refractivity contribution in [3.63, 3.8) is 0 Å². The molecule has 28 heavy (non-hydrogen) atoms. The van der Waals surface area contributed by atoms with Crippen LogP contribution in [0.5, 0.6) is 5.75 Å². The summed E-state index contributed by atoms with van der Waals surface area (Å²) in [6.45, 7) is 2.67. The number of β-amino-alcohol motifs (C(OH)–C–C–N with tert-alkyl or cyclic N) is 1. The number of nitrogens with one attached hydrogen (secondary N) is 1. The van der Waals surface area contributed by atoms with Crippen LogP contribution in [-0.4, -0.2) is 48.7 Å². The van der Waals surface area contributed by atoms with Gasteiger partial charge >= 0.3 is 0 Å². The van der Waals surface area contributed by atoms with Gasteiger partial charge in [-0.2, -0.15) is 0 Å². The number of carbonyl (C=O) groups is 1. The first-order valence-corrected chi connectivity index (χ1v) is 9.68. The highest BCUT2D eigenvalue weighted by atomic mass is 16.5. The molecule has 3 rings (SSSR count). The van der Waals surface area contributed by atoms with Crippen molar-refractivity contribution in [1.82, 2.24) is 10.2 Å². The first-order valence-electron chi connectivity index (χ1n) is 9.68. The Kier molecular flexibility index (Phi) is 7.23. The molecular formula is C23H28N2O3. The molecule has 0 radical (unpaired) electrons.